The molecule has 0 unspecified atom stereocenters. The Bertz CT molecular complexity index is 900. The van der Waals surface area contributed by atoms with E-state index >= 15 is 0 Å². The molecule has 0 N–H and O–H groups in total. The van der Waals surface area contributed by atoms with Gasteiger partial charge in [-0.25, -0.2) is 4.68 Å². The fraction of sp³-hybridized carbons (Fsp3) is 0.250. The zero-order valence-corrected chi connectivity index (χ0v) is 12.6. The van der Waals surface area contributed by atoms with Crippen LogP contribution in [-0.4, -0.2) is 26.5 Å². The molecule has 0 atom stereocenters. The minimum absolute atomic E-state index is 0.108. The van der Waals surface area contributed by atoms with E-state index in [2.05, 4.69) is 15.2 Å². The number of rotatable bonds is 2. The molecule has 1 aliphatic heterocycles. The molecular weight excluding hydrogens is 294 g/mol. The molecule has 0 spiro atoms. The van der Waals surface area contributed by atoms with Gasteiger partial charge in [0.15, 0.2) is 0 Å². The van der Waals surface area contributed by atoms with Crippen molar-refractivity contribution in [2.45, 2.75) is 13.0 Å². The van der Waals surface area contributed by atoms with Gasteiger partial charge >= 0.3 is 0 Å². The molecule has 1 aliphatic rings. The van der Waals surface area contributed by atoms with Crippen LogP contribution in [0.4, 0.5) is 5.95 Å². The summed E-state index contributed by atoms with van der Waals surface area (Å²) in [6.45, 7) is 1.30. The summed E-state index contributed by atoms with van der Waals surface area (Å²) in [6.07, 6.45) is 0.749. The number of fused-ring (bicyclic) bond motifs is 1. The average molecular weight is 309 g/mol. The van der Waals surface area contributed by atoms with Crippen LogP contribution in [0, 0.1) is 0 Å². The summed E-state index contributed by atoms with van der Waals surface area (Å²) in [5.41, 5.74) is 2.66. The third-order valence-electron chi connectivity index (χ3n) is 3.96. The molecule has 116 valence electrons. The van der Waals surface area contributed by atoms with E-state index in [4.69, 9.17) is 4.52 Å². The van der Waals surface area contributed by atoms with Crippen LogP contribution in [0.15, 0.2) is 45.7 Å². The van der Waals surface area contributed by atoms with Gasteiger partial charge in [0.05, 0.1) is 5.69 Å². The third-order valence-corrected chi connectivity index (χ3v) is 3.96. The van der Waals surface area contributed by atoms with Gasteiger partial charge in [0, 0.05) is 43.8 Å². The van der Waals surface area contributed by atoms with Crippen LogP contribution in [0.5, 0.6) is 0 Å². The standard InChI is InChI=1S/C16H15N5O2/c1-20-14(22)9-12-10-21(8-7-13(12)18-20)16-17-15(23-19-16)11-5-3-2-4-6-11/h2-6,9H,7-8,10H2,1H3. The minimum Gasteiger partial charge on any atom is -0.333 e. The van der Waals surface area contributed by atoms with Gasteiger partial charge in [0.2, 0.25) is 0 Å². The monoisotopic (exact) mass is 309 g/mol. The van der Waals surface area contributed by atoms with Gasteiger partial charge in [0.25, 0.3) is 17.4 Å². The molecule has 3 aromatic rings. The molecule has 7 nitrogen and oxygen atoms in total. The zero-order valence-electron chi connectivity index (χ0n) is 12.6. The SMILES string of the molecule is Cn1nc2c(cc1=O)CN(c1noc(-c3ccccc3)n1)CC2. The summed E-state index contributed by atoms with van der Waals surface area (Å²) in [4.78, 5) is 18.2. The largest absolute Gasteiger partial charge is 0.333 e. The first-order chi connectivity index (χ1) is 11.2. The van der Waals surface area contributed by atoms with Crippen molar-refractivity contribution in [2.24, 2.45) is 7.05 Å². The van der Waals surface area contributed by atoms with Crippen molar-refractivity contribution in [1.29, 1.82) is 0 Å². The Balaban J connectivity index is 1.62. The number of aryl methyl sites for hydroxylation is 1. The molecule has 0 fully saturated rings. The van der Waals surface area contributed by atoms with Crippen molar-refractivity contribution in [3.05, 3.63) is 58.0 Å². The maximum Gasteiger partial charge on any atom is 0.266 e. The predicted octanol–water partition coefficient (Wildman–Crippen LogP) is 1.39. The molecule has 0 bridgehead atoms. The van der Waals surface area contributed by atoms with Gasteiger partial charge in [-0.3, -0.25) is 4.79 Å². The predicted molar refractivity (Wildman–Crippen MR) is 84.0 cm³/mol. The number of nitrogens with zero attached hydrogens (tertiary/aromatic N) is 5. The van der Waals surface area contributed by atoms with Crippen molar-refractivity contribution >= 4 is 5.95 Å². The molecule has 7 heteroatoms. The van der Waals surface area contributed by atoms with Crippen LogP contribution >= 0.6 is 0 Å². The summed E-state index contributed by atoms with van der Waals surface area (Å²) in [5.74, 6) is 1.03. The third kappa shape index (κ3) is 2.50. The van der Waals surface area contributed by atoms with E-state index in [1.807, 2.05) is 35.2 Å². The van der Waals surface area contributed by atoms with Crippen LogP contribution in [0.3, 0.4) is 0 Å². The minimum atomic E-state index is -0.108. The van der Waals surface area contributed by atoms with E-state index in [0.29, 0.717) is 18.4 Å². The van der Waals surface area contributed by atoms with Crippen LogP contribution in [0.25, 0.3) is 11.5 Å². The zero-order chi connectivity index (χ0) is 15.8. The summed E-state index contributed by atoms with van der Waals surface area (Å²) >= 11 is 0. The van der Waals surface area contributed by atoms with Crippen molar-refractivity contribution < 1.29 is 4.52 Å². The van der Waals surface area contributed by atoms with Crippen LogP contribution in [-0.2, 0) is 20.0 Å². The highest BCUT2D eigenvalue weighted by atomic mass is 16.5. The summed E-state index contributed by atoms with van der Waals surface area (Å²) in [7, 11) is 1.67. The maximum atomic E-state index is 11.8. The van der Waals surface area contributed by atoms with Crippen molar-refractivity contribution in [2.75, 3.05) is 11.4 Å². The Kier molecular flexibility index (Phi) is 3.18. The fourth-order valence-electron chi connectivity index (χ4n) is 2.71. The van der Waals surface area contributed by atoms with Crippen LogP contribution in [0.2, 0.25) is 0 Å². The Hall–Kier alpha value is -2.96. The number of benzene rings is 1. The highest BCUT2D eigenvalue weighted by molar-refractivity contribution is 5.54. The second-order valence-corrected chi connectivity index (χ2v) is 5.52. The second kappa shape index (κ2) is 5.35. The number of anilines is 1. The number of hydrogen-bond acceptors (Lipinski definition) is 6. The Morgan fingerprint density at radius 1 is 1.22 bits per heavy atom. The molecule has 0 saturated heterocycles. The molecule has 1 aromatic carbocycles. The van der Waals surface area contributed by atoms with Gasteiger partial charge in [0.1, 0.15) is 0 Å². The van der Waals surface area contributed by atoms with E-state index in [0.717, 1.165) is 29.8 Å². The molecule has 0 saturated carbocycles. The van der Waals surface area contributed by atoms with Crippen molar-refractivity contribution in [1.82, 2.24) is 19.9 Å². The fourth-order valence-corrected chi connectivity index (χ4v) is 2.71. The molecule has 0 radical (unpaired) electrons. The van der Waals surface area contributed by atoms with Crippen LogP contribution < -0.4 is 10.5 Å². The topological polar surface area (TPSA) is 77.0 Å². The van der Waals surface area contributed by atoms with Gasteiger partial charge in [-0.2, -0.15) is 10.1 Å². The average Bonchev–Trinajstić information content (AvgIpc) is 3.06. The first kappa shape index (κ1) is 13.7. The normalized spacial score (nSPS) is 13.9. The molecular formula is C16H15N5O2. The molecule has 23 heavy (non-hydrogen) atoms. The quantitative estimate of drug-likeness (QED) is 0.712. The first-order valence-corrected chi connectivity index (χ1v) is 7.41. The highest BCUT2D eigenvalue weighted by Crippen LogP contribution is 2.23. The lowest BCUT2D eigenvalue weighted by Gasteiger charge is -2.26. The van der Waals surface area contributed by atoms with E-state index in [-0.39, 0.29) is 5.56 Å². The molecule has 3 heterocycles. The van der Waals surface area contributed by atoms with Crippen molar-refractivity contribution in [3.63, 3.8) is 0 Å². The van der Waals surface area contributed by atoms with E-state index in [9.17, 15) is 4.79 Å². The summed E-state index contributed by atoms with van der Waals surface area (Å²) in [6, 6.07) is 11.3. The van der Waals surface area contributed by atoms with E-state index in [1.165, 1.54) is 4.68 Å². The molecule has 0 aliphatic carbocycles. The lowest BCUT2D eigenvalue weighted by Crippen LogP contribution is -2.34. The second-order valence-electron chi connectivity index (χ2n) is 5.52. The molecule has 0 amide bonds. The van der Waals surface area contributed by atoms with Gasteiger partial charge < -0.3 is 9.42 Å². The Morgan fingerprint density at radius 3 is 2.87 bits per heavy atom. The molecule has 4 rings (SSSR count). The molecule has 2 aromatic heterocycles. The van der Waals surface area contributed by atoms with Gasteiger partial charge in [-0.1, -0.05) is 18.2 Å². The van der Waals surface area contributed by atoms with Crippen molar-refractivity contribution in [3.8, 4) is 11.5 Å². The van der Waals surface area contributed by atoms with Crippen LogP contribution in [0.1, 0.15) is 11.3 Å². The van der Waals surface area contributed by atoms with E-state index < -0.39 is 0 Å². The lowest BCUT2D eigenvalue weighted by atomic mass is 10.1. The number of aromatic nitrogens is 4. The highest BCUT2D eigenvalue weighted by Gasteiger charge is 2.22. The summed E-state index contributed by atoms with van der Waals surface area (Å²) in [5, 5.41) is 8.37. The van der Waals surface area contributed by atoms with Gasteiger partial charge in [-0.15, -0.1) is 0 Å². The Labute approximate surface area is 132 Å². The lowest BCUT2D eigenvalue weighted by molar-refractivity contribution is 0.428. The smallest absolute Gasteiger partial charge is 0.266 e. The number of hydrogen-bond donors (Lipinski definition) is 0. The van der Waals surface area contributed by atoms with Gasteiger partial charge in [-0.05, 0) is 17.3 Å². The first-order valence-electron chi connectivity index (χ1n) is 7.41. The van der Waals surface area contributed by atoms with E-state index in [1.54, 1.807) is 13.1 Å². The Morgan fingerprint density at radius 2 is 2.04 bits per heavy atom. The maximum absolute atomic E-state index is 11.8. The summed E-state index contributed by atoms with van der Waals surface area (Å²) < 4.78 is 6.72.